The van der Waals surface area contributed by atoms with Crippen molar-refractivity contribution in [1.82, 2.24) is 0 Å². The van der Waals surface area contributed by atoms with Crippen LogP contribution in [0.5, 0.6) is 17.2 Å². The molecule has 0 saturated heterocycles. The number of esters is 1. The molecule has 2 aliphatic rings. The van der Waals surface area contributed by atoms with Gasteiger partial charge in [-0.15, -0.1) is 0 Å². The topological polar surface area (TPSA) is 54.0 Å². The summed E-state index contributed by atoms with van der Waals surface area (Å²) >= 11 is 0. The summed E-state index contributed by atoms with van der Waals surface area (Å²) in [6, 6.07) is 3.60. The molecule has 0 saturated carbocycles. The SMILES string of the molecule is COC(=O)C1COc2c1ccc1c2OCO1. The molecular formula is C11H10O5. The molecule has 2 heterocycles. The van der Waals surface area contributed by atoms with E-state index in [9.17, 15) is 4.79 Å². The van der Waals surface area contributed by atoms with Crippen LogP contribution < -0.4 is 14.2 Å². The van der Waals surface area contributed by atoms with Gasteiger partial charge in [-0.25, -0.2) is 0 Å². The van der Waals surface area contributed by atoms with Gasteiger partial charge in [0.25, 0.3) is 0 Å². The molecule has 2 aliphatic heterocycles. The van der Waals surface area contributed by atoms with Crippen molar-refractivity contribution in [1.29, 1.82) is 0 Å². The summed E-state index contributed by atoms with van der Waals surface area (Å²) in [5, 5.41) is 0. The van der Waals surface area contributed by atoms with Crippen LogP contribution in [0.25, 0.3) is 0 Å². The number of methoxy groups -OCH3 is 1. The number of hydrogen-bond donors (Lipinski definition) is 0. The molecule has 1 atom stereocenters. The number of fused-ring (bicyclic) bond motifs is 3. The quantitative estimate of drug-likeness (QED) is 0.665. The van der Waals surface area contributed by atoms with Crippen LogP contribution in [-0.4, -0.2) is 26.5 Å². The van der Waals surface area contributed by atoms with Crippen LogP contribution >= 0.6 is 0 Å². The van der Waals surface area contributed by atoms with E-state index in [2.05, 4.69) is 0 Å². The lowest BCUT2D eigenvalue weighted by atomic mass is 10.0. The second-order valence-corrected chi connectivity index (χ2v) is 3.60. The van der Waals surface area contributed by atoms with E-state index in [-0.39, 0.29) is 18.7 Å². The fraction of sp³-hybridized carbons (Fsp3) is 0.364. The van der Waals surface area contributed by atoms with E-state index < -0.39 is 0 Å². The summed E-state index contributed by atoms with van der Waals surface area (Å²) in [6.45, 7) is 0.486. The first-order chi connectivity index (χ1) is 7.81. The molecule has 5 heteroatoms. The molecule has 0 aliphatic carbocycles. The predicted octanol–water partition coefficient (Wildman–Crippen LogP) is 1.06. The summed E-state index contributed by atoms with van der Waals surface area (Å²) in [4.78, 5) is 11.5. The normalized spacial score (nSPS) is 20.2. The number of hydrogen-bond acceptors (Lipinski definition) is 5. The van der Waals surface area contributed by atoms with Gasteiger partial charge in [-0.05, 0) is 6.07 Å². The molecule has 1 aromatic carbocycles. The third-order valence-corrected chi connectivity index (χ3v) is 2.78. The Labute approximate surface area is 91.9 Å². The van der Waals surface area contributed by atoms with Gasteiger partial charge in [0.05, 0.1) is 7.11 Å². The van der Waals surface area contributed by atoms with Crippen molar-refractivity contribution in [3.8, 4) is 17.2 Å². The van der Waals surface area contributed by atoms with E-state index in [1.54, 1.807) is 6.07 Å². The molecule has 3 rings (SSSR count). The van der Waals surface area contributed by atoms with Crippen LogP contribution in [0.1, 0.15) is 11.5 Å². The summed E-state index contributed by atoms with van der Waals surface area (Å²) in [5.74, 6) is 1.19. The maximum absolute atomic E-state index is 11.5. The number of carbonyl (C=O) groups excluding carboxylic acids is 1. The van der Waals surface area contributed by atoms with Crippen molar-refractivity contribution in [2.45, 2.75) is 5.92 Å². The lowest BCUT2D eigenvalue weighted by Crippen LogP contribution is -2.15. The molecular weight excluding hydrogens is 212 g/mol. The van der Waals surface area contributed by atoms with Gasteiger partial charge < -0.3 is 18.9 Å². The minimum Gasteiger partial charge on any atom is -0.488 e. The smallest absolute Gasteiger partial charge is 0.316 e. The second-order valence-electron chi connectivity index (χ2n) is 3.60. The average molecular weight is 222 g/mol. The zero-order valence-electron chi connectivity index (χ0n) is 8.69. The Morgan fingerprint density at radius 2 is 2.19 bits per heavy atom. The molecule has 16 heavy (non-hydrogen) atoms. The molecule has 0 aromatic heterocycles. The van der Waals surface area contributed by atoms with E-state index in [1.807, 2.05) is 6.07 Å². The van der Waals surface area contributed by atoms with E-state index in [4.69, 9.17) is 18.9 Å². The highest BCUT2D eigenvalue weighted by Gasteiger charge is 2.36. The van der Waals surface area contributed by atoms with Crippen molar-refractivity contribution in [2.75, 3.05) is 20.5 Å². The van der Waals surface area contributed by atoms with Gasteiger partial charge in [0, 0.05) is 5.56 Å². The standard InChI is InChI=1S/C11H10O5/c1-13-11(12)7-4-14-9-6(7)2-3-8-10(9)16-5-15-8/h2-3,7H,4-5H2,1H3. The fourth-order valence-corrected chi connectivity index (χ4v) is 1.98. The van der Waals surface area contributed by atoms with Crippen LogP contribution in [0.15, 0.2) is 12.1 Å². The van der Waals surface area contributed by atoms with Crippen LogP contribution in [0.4, 0.5) is 0 Å². The van der Waals surface area contributed by atoms with Gasteiger partial charge in [0.2, 0.25) is 12.5 Å². The molecule has 0 amide bonds. The van der Waals surface area contributed by atoms with Gasteiger partial charge in [0.1, 0.15) is 12.5 Å². The zero-order valence-corrected chi connectivity index (χ0v) is 8.69. The molecule has 5 nitrogen and oxygen atoms in total. The van der Waals surface area contributed by atoms with Gasteiger partial charge in [-0.3, -0.25) is 4.79 Å². The van der Waals surface area contributed by atoms with Gasteiger partial charge in [-0.1, -0.05) is 6.07 Å². The van der Waals surface area contributed by atoms with E-state index in [0.29, 0.717) is 23.9 Å². The monoisotopic (exact) mass is 222 g/mol. The highest BCUT2D eigenvalue weighted by Crippen LogP contribution is 2.48. The Balaban J connectivity index is 2.05. The van der Waals surface area contributed by atoms with Crippen LogP contribution in [0, 0.1) is 0 Å². The molecule has 0 spiro atoms. The van der Waals surface area contributed by atoms with E-state index in [1.165, 1.54) is 7.11 Å². The Kier molecular flexibility index (Phi) is 1.92. The van der Waals surface area contributed by atoms with Crippen molar-refractivity contribution in [3.05, 3.63) is 17.7 Å². The summed E-state index contributed by atoms with van der Waals surface area (Å²) < 4.78 is 20.7. The van der Waals surface area contributed by atoms with Crippen molar-refractivity contribution in [2.24, 2.45) is 0 Å². The Morgan fingerprint density at radius 1 is 1.31 bits per heavy atom. The zero-order chi connectivity index (χ0) is 11.1. The number of benzene rings is 1. The average Bonchev–Trinajstić information content (AvgIpc) is 2.92. The summed E-state index contributed by atoms with van der Waals surface area (Å²) in [6.07, 6.45) is 0. The molecule has 0 fully saturated rings. The first-order valence-electron chi connectivity index (χ1n) is 4.94. The lowest BCUT2D eigenvalue weighted by Gasteiger charge is -2.05. The first-order valence-corrected chi connectivity index (χ1v) is 4.94. The van der Waals surface area contributed by atoms with Gasteiger partial charge in [0.15, 0.2) is 11.5 Å². The maximum Gasteiger partial charge on any atom is 0.316 e. The summed E-state index contributed by atoms with van der Waals surface area (Å²) in [5.41, 5.74) is 0.802. The Bertz CT molecular complexity index is 454. The fourth-order valence-electron chi connectivity index (χ4n) is 1.98. The molecule has 0 N–H and O–H groups in total. The lowest BCUT2D eigenvalue weighted by molar-refractivity contribution is -0.142. The van der Waals surface area contributed by atoms with Crippen LogP contribution in [0.2, 0.25) is 0 Å². The highest BCUT2D eigenvalue weighted by molar-refractivity contribution is 5.81. The number of ether oxygens (including phenoxy) is 4. The maximum atomic E-state index is 11.5. The Morgan fingerprint density at radius 3 is 3.00 bits per heavy atom. The van der Waals surface area contributed by atoms with Gasteiger partial charge in [-0.2, -0.15) is 0 Å². The molecule has 0 bridgehead atoms. The van der Waals surface area contributed by atoms with E-state index >= 15 is 0 Å². The van der Waals surface area contributed by atoms with Crippen LogP contribution in [0.3, 0.4) is 0 Å². The molecule has 84 valence electrons. The van der Waals surface area contributed by atoms with Crippen LogP contribution in [-0.2, 0) is 9.53 Å². The van der Waals surface area contributed by atoms with E-state index in [0.717, 1.165) is 5.56 Å². The molecule has 1 aromatic rings. The van der Waals surface area contributed by atoms with Crippen molar-refractivity contribution in [3.63, 3.8) is 0 Å². The molecule has 1 unspecified atom stereocenters. The first kappa shape index (κ1) is 9.33. The Hall–Kier alpha value is -1.91. The highest BCUT2D eigenvalue weighted by atomic mass is 16.7. The van der Waals surface area contributed by atoms with Crippen molar-refractivity contribution >= 4 is 5.97 Å². The van der Waals surface area contributed by atoms with Gasteiger partial charge >= 0.3 is 5.97 Å². The summed E-state index contributed by atoms with van der Waals surface area (Å²) in [7, 11) is 1.37. The third kappa shape index (κ3) is 1.14. The largest absolute Gasteiger partial charge is 0.488 e. The second kappa shape index (κ2) is 3.30. The minimum absolute atomic E-state index is 0.192. The third-order valence-electron chi connectivity index (χ3n) is 2.78. The predicted molar refractivity (Wildman–Crippen MR) is 52.8 cm³/mol. The van der Waals surface area contributed by atoms with Crippen molar-refractivity contribution < 1.29 is 23.7 Å². The molecule has 0 radical (unpaired) electrons. The number of rotatable bonds is 1. The number of carbonyl (C=O) groups is 1. The minimum atomic E-state index is -0.366.